The van der Waals surface area contributed by atoms with Crippen LogP contribution in [0.3, 0.4) is 0 Å². The Morgan fingerprint density at radius 1 is 1.15 bits per heavy atom. The summed E-state index contributed by atoms with van der Waals surface area (Å²) >= 11 is 5.54. The lowest BCUT2D eigenvalue weighted by atomic mass is 10.1. The molecular weight excluding hydrogens is 431 g/mol. The van der Waals surface area contributed by atoms with Gasteiger partial charge in [-0.2, -0.15) is 0 Å². The Hall–Kier alpha value is -0.920. The van der Waals surface area contributed by atoms with E-state index in [-0.39, 0.29) is 5.91 Å². The molecular formula is C15H14BrIN2O. The molecule has 0 radical (unpaired) electrons. The average Bonchev–Trinajstić information content (AvgIpc) is 2.47. The predicted octanol–water partition coefficient (Wildman–Crippen LogP) is 3.44. The maximum Gasteiger partial charge on any atom is 0.252 e. The number of benzene rings is 2. The number of hydrogen-bond acceptors (Lipinski definition) is 2. The minimum atomic E-state index is -0.0707. The predicted molar refractivity (Wildman–Crippen MR) is 92.4 cm³/mol. The molecule has 0 saturated heterocycles. The first-order valence-corrected chi connectivity index (χ1v) is 7.98. The molecule has 0 fully saturated rings. The van der Waals surface area contributed by atoms with Crippen LogP contribution in [0.1, 0.15) is 21.5 Å². The van der Waals surface area contributed by atoms with E-state index in [0.29, 0.717) is 18.7 Å². The molecule has 2 aromatic carbocycles. The fourth-order valence-electron chi connectivity index (χ4n) is 1.74. The minimum Gasteiger partial charge on any atom is -0.348 e. The molecule has 5 heteroatoms. The Bertz CT molecular complexity index is 614. The number of nitrogens with one attached hydrogen (secondary N) is 1. The summed E-state index contributed by atoms with van der Waals surface area (Å²) < 4.78 is 1.83. The first-order valence-electron chi connectivity index (χ1n) is 6.11. The zero-order chi connectivity index (χ0) is 14.5. The topological polar surface area (TPSA) is 55.1 Å². The van der Waals surface area contributed by atoms with Gasteiger partial charge in [-0.15, -0.1) is 0 Å². The number of carbonyl (C=O) groups excluding carboxylic acids is 1. The van der Waals surface area contributed by atoms with Crippen molar-refractivity contribution in [3.05, 3.63) is 67.2 Å². The van der Waals surface area contributed by atoms with Crippen molar-refractivity contribution in [3.8, 4) is 0 Å². The van der Waals surface area contributed by atoms with Crippen LogP contribution in [0.4, 0.5) is 0 Å². The number of rotatable bonds is 4. The number of amides is 1. The number of halogens is 2. The van der Waals surface area contributed by atoms with Crippen molar-refractivity contribution in [1.29, 1.82) is 0 Å². The largest absolute Gasteiger partial charge is 0.348 e. The van der Waals surface area contributed by atoms with E-state index in [1.165, 1.54) is 0 Å². The van der Waals surface area contributed by atoms with E-state index in [1.54, 1.807) is 0 Å². The zero-order valence-electron chi connectivity index (χ0n) is 10.7. The van der Waals surface area contributed by atoms with Crippen LogP contribution >= 0.6 is 38.5 Å². The van der Waals surface area contributed by atoms with Gasteiger partial charge in [0, 0.05) is 21.1 Å². The van der Waals surface area contributed by atoms with Crippen LogP contribution in [0.25, 0.3) is 0 Å². The second-order valence-electron chi connectivity index (χ2n) is 4.33. The third kappa shape index (κ3) is 4.04. The lowest BCUT2D eigenvalue weighted by molar-refractivity contribution is 0.0950. The second kappa shape index (κ2) is 7.19. The molecule has 0 aliphatic rings. The van der Waals surface area contributed by atoms with Crippen molar-refractivity contribution in [2.24, 2.45) is 5.73 Å². The molecule has 0 spiro atoms. The molecule has 1 amide bonds. The van der Waals surface area contributed by atoms with Gasteiger partial charge in [0.25, 0.3) is 5.91 Å². The van der Waals surface area contributed by atoms with Gasteiger partial charge in [0.1, 0.15) is 0 Å². The molecule has 3 nitrogen and oxygen atoms in total. The Kier molecular flexibility index (Phi) is 5.56. The minimum absolute atomic E-state index is 0.0707. The van der Waals surface area contributed by atoms with Crippen LogP contribution in [-0.2, 0) is 13.1 Å². The zero-order valence-corrected chi connectivity index (χ0v) is 14.4. The number of carbonyl (C=O) groups is 1. The average molecular weight is 445 g/mol. The van der Waals surface area contributed by atoms with Crippen LogP contribution in [-0.4, -0.2) is 5.91 Å². The van der Waals surface area contributed by atoms with Gasteiger partial charge in [-0.25, -0.2) is 0 Å². The van der Waals surface area contributed by atoms with Gasteiger partial charge >= 0.3 is 0 Å². The van der Waals surface area contributed by atoms with Crippen LogP contribution in [0.5, 0.6) is 0 Å². The Balaban J connectivity index is 2.02. The Labute approximate surface area is 140 Å². The summed E-state index contributed by atoms with van der Waals surface area (Å²) in [5, 5.41) is 2.92. The van der Waals surface area contributed by atoms with E-state index in [2.05, 4.69) is 43.8 Å². The van der Waals surface area contributed by atoms with E-state index in [1.807, 2.05) is 42.5 Å². The van der Waals surface area contributed by atoms with Gasteiger partial charge < -0.3 is 11.1 Å². The molecule has 0 aliphatic carbocycles. The van der Waals surface area contributed by atoms with Crippen LogP contribution in [0.15, 0.2) is 46.9 Å². The summed E-state index contributed by atoms with van der Waals surface area (Å²) in [6.07, 6.45) is 0. The monoisotopic (exact) mass is 444 g/mol. The van der Waals surface area contributed by atoms with E-state index >= 15 is 0 Å². The molecule has 0 bridgehead atoms. The highest BCUT2D eigenvalue weighted by atomic mass is 127. The maximum atomic E-state index is 12.2. The van der Waals surface area contributed by atoms with Crippen molar-refractivity contribution in [3.63, 3.8) is 0 Å². The van der Waals surface area contributed by atoms with Crippen molar-refractivity contribution >= 4 is 44.4 Å². The van der Waals surface area contributed by atoms with Gasteiger partial charge in [-0.1, -0.05) is 40.2 Å². The fraction of sp³-hybridized carbons (Fsp3) is 0.133. The van der Waals surface area contributed by atoms with E-state index in [0.717, 1.165) is 19.2 Å². The molecule has 2 aromatic rings. The number of nitrogens with two attached hydrogens (primary N) is 1. The first kappa shape index (κ1) is 15.5. The molecule has 2 rings (SSSR count). The van der Waals surface area contributed by atoms with Crippen molar-refractivity contribution in [2.75, 3.05) is 0 Å². The third-order valence-corrected chi connectivity index (χ3v) is 4.32. The molecule has 0 saturated carbocycles. The summed E-state index contributed by atoms with van der Waals surface area (Å²) in [5.74, 6) is -0.0707. The second-order valence-corrected chi connectivity index (χ2v) is 6.41. The molecule has 0 heterocycles. The Morgan fingerprint density at radius 3 is 2.45 bits per heavy atom. The molecule has 20 heavy (non-hydrogen) atoms. The first-order chi connectivity index (χ1) is 9.60. The van der Waals surface area contributed by atoms with Gasteiger partial charge in [-0.3, -0.25) is 4.79 Å². The SMILES string of the molecule is NCc1ccc(CNC(=O)c2cc(Br)ccc2I)cc1. The highest BCUT2D eigenvalue weighted by Gasteiger charge is 2.10. The van der Waals surface area contributed by atoms with Gasteiger partial charge in [0.2, 0.25) is 0 Å². The number of hydrogen-bond donors (Lipinski definition) is 2. The van der Waals surface area contributed by atoms with E-state index in [4.69, 9.17) is 5.73 Å². The van der Waals surface area contributed by atoms with Crippen molar-refractivity contribution < 1.29 is 4.79 Å². The molecule has 0 atom stereocenters. The lowest BCUT2D eigenvalue weighted by Gasteiger charge is -2.08. The molecule has 0 unspecified atom stereocenters. The summed E-state index contributed by atoms with van der Waals surface area (Å²) in [7, 11) is 0. The fourth-order valence-corrected chi connectivity index (χ4v) is 2.68. The lowest BCUT2D eigenvalue weighted by Crippen LogP contribution is -2.23. The Morgan fingerprint density at radius 2 is 1.80 bits per heavy atom. The van der Waals surface area contributed by atoms with Gasteiger partial charge in [0.05, 0.1) is 5.56 Å². The molecule has 3 N–H and O–H groups in total. The summed E-state index contributed by atoms with van der Waals surface area (Å²) in [5.41, 5.74) is 8.37. The van der Waals surface area contributed by atoms with Crippen LogP contribution in [0, 0.1) is 3.57 Å². The third-order valence-electron chi connectivity index (χ3n) is 2.88. The smallest absolute Gasteiger partial charge is 0.252 e. The normalized spacial score (nSPS) is 10.3. The molecule has 104 valence electrons. The maximum absolute atomic E-state index is 12.2. The highest BCUT2D eigenvalue weighted by molar-refractivity contribution is 14.1. The quantitative estimate of drug-likeness (QED) is 0.709. The summed E-state index contributed by atoms with van der Waals surface area (Å²) in [6.45, 7) is 1.04. The van der Waals surface area contributed by atoms with E-state index < -0.39 is 0 Å². The van der Waals surface area contributed by atoms with Gasteiger partial charge in [-0.05, 0) is 51.9 Å². The van der Waals surface area contributed by atoms with Crippen LogP contribution in [0.2, 0.25) is 0 Å². The van der Waals surface area contributed by atoms with Crippen molar-refractivity contribution in [2.45, 2.75) is 13.1 Å². The highest BCUT2D eigenvalue weighted by Crippen LogP contribution is 2.18. The standard InChI is InChI=1S/C15H14BrIN2O/c16-12-5-6-14(17)13(7-12)15(20)19-9-11-3-1-10(8-18)2-4-11/h1-7H,8-9,18H2,(H,19,20). The summed E-state index contributed by atoms with van der Waals surface area (Å²) in [4.78, 5) is 12.2. The van der Waals surface area contributed by atoms with Gasteiger partial charge in [0.15, 0.2) is 0 Å². The van der Waals surface area contributed by atoms with Crippen molar-refractivity contribution in [1.82, 2.24) is 5.32 Å². The van der Waals surface area contributed by atoms with E-state index in [9.17, 15) is 4.79 Å². The molecule has 0 aliphatic heterocycles. The van der Waals surface area contributed by atoms with Crippen LogP contribution < -0.4 is 11.1 Å². The summed E-state index contributed by atoms with van der Waals surface area (Å²) in [6, 6.07) is 13.6. The molecule has 0 aromatic heterocycles.